The molecule has 0 amide bonds. The molecule has 4 heteroatoms. The number of halogens is 1. The molecule has 0 atom stereocenters. The third-order valence-corrected chi connectivity index (χ3v) is 4.95. The molecule has 0 saturated heterocycles. The van der Waals surface area contributed by atoms with Gasteiger partial charge < -0.3 is 0 Å². The quantitative estimate of drug-likeness (QED) is 0.482. The summed E-state index contributed by atoms with van der Waals surface area (Å²) < 4.78 is 1.74. The second-order valence-corrected chi connectivity index (χ2v) is 7.23. The monoisotopic (exact) mass is 374 g/mol. The SMILES string of the molecule is Cc1ccc(-c2nc3ccccc3c(=O)n2Cc2cccc(Cl)c2)c(C)c1. The summed E-state index contributed by atoms with van der Waals surface area (Å²) in [6.07, 6.45) is 0. The van der Waals surface area contributed by atoms with Crippen LogP contribution in [0.25, 0.3) is 22.3 Å². The summed E-state index contributed by atoms with van der Waals surface area (Å²) in [6, 6.07) is 21.3. The van der Waals surface area contributed by atoms with Gasteiger partial charge in [-0.1, -0.05) is 59.6 Å². The first-order valence-electron chi connectivity index (χ1n) is 8.84. The lowest BCUT2D eigenvalue weighted by atomic mass is 10.0. The van der Waals surface area contributed by atoms with Crippen molar-refractivity contribution in [2.45, 2.75) is 20.4 Å². The zero-order valence-corrected chi connectivity index (χ0v) is 16.0. The van der Waals surface area contributed by atoms with Crippen LogP contribution in [0.1, 0.15) is 16.7 Å². The topological polar surface area (TPSA) is 34.9 Å². The predicted molar refractivity (Wildman–Crippen MR) is 111 cm³/mol. The molecule has 27 heavy (non-hydrogen) atoms. The maximum atomic E-state index is 13.3. The maximum Gasteiger partial charge on any atom is 0.261 e. The Morgan fingerprint density at radius 1 is 0.963 bits per heavy atom. The van der Waals surface area contributed by atoms with Gasteiger partial charge in [-0.2, -0.15) is 0 Å². The number of fused-ring (bicyclic) bond motifs is 1. The van der Waals surface area contributed by atoms with Crippen molar-refractivity contribution in [1.82, 2.24) is 9.55 Å². The predicted octanol–water partition coefficient (Wildman–Crippen LogP) is 5.38. The second kappa shape index (κ2) is 7.01. The zero-order chi connectivity index (χ0) is 19.0. The molecule has 0 aliphatic heterocycles. The van der Waals surface area contributed by atoms with E-state index in [1.807, 2.05) is 67.6 Å². The van der Waals surface area contributed by atoms with Crippen LogP contribution in [-0.2, 0) is 6.54 Å². The lowest BCUT2D eigenvalue weighted by Crippen LogP contribution is -2.24. The minimum atomic E-state index is -0.0458. The van der Waals surface area contributed by atoms with Crippen molar-refractivity contribution < 1.29 is 0 Å². The molecule has 4 aromatic rings. The lowest BCUT2D eigenvalue weighted by molar-refractivity contribution is 0.759. The summed E-state index contributed by atoms with van der Waals surface area (Å²) in [5.41, 5.74) is 4.87. The van der Waals surface area contributed by atoms with Crippen molar-refractivity contribution in [2.75, 3.05) is 0 Å². The van der Waals surface area contributed by atoms with Gasteiger partial charge in [0, 0.05) is 10.6 Å². The average molecular weight is 375 g/mol. The Morgan fingerprint density at radius 2 is 1.78 bits per heavy atom. The number of aromatic nitrogens is 2. The first-order chi connectivity index (χ1) is 13.0. The van der Waals surface area contributed by atoms with Gasteiger partial charge in [-0.25, -0.2) is 4.98 Å². The summed E-state index contributed by atoms with van der Waals surface area (Å²) in [4.78, 5) is 18.1. The van der Waals surface area contributed by atoms with E-state index >= 15 is 0 Å². The maximum absolute atomic E-state index is 13.3. The highest BCUT2D eigenvalue weighted by molar-refractivity contribution is 6.30. The van der Waals surface area contributed by atoms with Gasteiger partial charge >= 0.3 is 0 Å². The molecule has 1 heterocycles. The third kappa shape index (κ3) is 3.38. The fourth-order valence-corrected chi connectivity index (χ4v) is 3.62. The van der Waals surface area contributed by atoms with Crippen molar-refractivity contribution in [3.05, 3.63) is 98.8 Å². The van der Waals surface area contributed by atoms with Gasteiger partial charge in [-0.05, 0) is 49.2 Å². The molecule has 1 aromatic heterocycles. The smallest absolute Gasteiger partial charge is 0.261 e. The van der Waals surface area contributed by atoms with E-state index in [2.05, 4.69) is 13.0 Å². The van der Waals surface area contributed by atoms with Gasteiger partial charge in [-0.3, -0.25) is 9.36 Å². The minimum Gasteiger partial charge on any atom is -0.288 e. The number of hydrogen-bond acceptors (Lipinski definition) is 2. The molecule has 3 nitrogen and oxygen atoms in total. The molecule has 134 valence electrons. The van der Waals surface area contributed by atoms with Crippen LogP contribution in [0.15, 0.2) is 71.5 Å². The van der Waals surface area contributed by atoms with E-state index in [1.165, 1.54) is 5.56 Å². The van der Waals surface area contributed by atoms with Crippen LogP contribution in [0.4, 0.5) is 0 Å². The van der Waals surface area contributed by atoms with E-state index in [9.17, 15) is 4.79 Å². The van der Waals surface area contributed by atoms with E-state index in [-0.39, 0.29) is 5.56 Å². The molecule has 4 rings (SSSR count). The normalized spacial score (nSPS) is 11.1. The summed E-state index contributed by atoms with van der Waals surface area (Å²) >= 11 is 6.14. The van der Waals surface area contributed by atoms with Gasteiger partial charge in [0.15, 0.2) is 0 Å². The van der Waals surface area contributed by atoms with E-state index in [0.717, 1.165) is 16.7 Å². The Kier molecular flexibility index (Phi) is 4.54. The second-order valence-electron chi connectivity index (χ2n) is 6.79. The average Bonchev–Trinajstić information content (AvgIpc) is 2.64. The highest BCUT2D eigenvalue weighted by Crippen LogP contribution is 2.24. The lowest BCUT2D eigenvalue weighted by Gasteiger charge is -2.16. The van der Waals surface area contributed by atoms with E-state index < -0.39 is 0 Å². The van der Waals surface area contributed by atoms with Crippen molar-refractivity contribution in [1.29, 1.82) is 0 Å². The van der Waals surface area contributed by atoms with Crippen LogP contribution >= 0.6 is 11.6 Å². The molecule has 3 aromatic carbocycles. The number of rotatable bonds is 3. The van der Waals surface area contributed by atoms with Crippen LogP contribution in [0.2, 0.25) is 5.02 Å². The number of para-hydroxylation sites is 1. The van der Waals surface area contributed by atoms with Gasteiger partial charge in [0.1, 0.15) is 5.82 Å². The van der Waals surface area contributed by atoms with Crippen LogP contribution in [0.3, 0.4) is 0 Å². The highest BCUT2D eigenvalue weighted by Gasteiger charge is 2.15. The van der Waals surface area contributed by atoms with E-state index in [0.29, 0.717) is 28.3 Å². The van der Waals surface area contributed by atoms with Gasteiger partial charge in [0.25, 0.3) is 5.56 Å². The summed E-state index contributed by atoms with van der Waals surface area (Å²) in [7, 11) is 0. The zero-order valence-electron chi connectivity index (χ0n) is 15.2. The standard InChI is InChI=1S/C23H19ClN2O/c1-15-10-11-19(16(2)12-15)22-25-21-9-4-3-8-20(21)23(27)26(22)14-17-6-5-7-18(24)13-17/h3-13H,14H2,1-2H3. The van der Waals surface area contributed by atoms with Crippen LogP contribution in [0.5, 0.6) is 0 Å². The van der Waals surface area contributed by atoms with Crippen molar-refractivity contribution in [3.63, 3.8) is 0 Å². The molecule has 0 aliphatic carbocycles. The largest absolute Gasteiger partial charge is 0.288 e. The Morgan fingerprint density at radius 3 is 2.56 bits per heavy atom. The Balaban J connectivity index is 1.99. The fraction of sp³-hybridized carbons (Fsp3) is 0.130. The molecule has 0 N–H and O–H groups in total. The fourth-order valence-electron chi connectivity index (χ4n) is 3.40. The number of nitrogens with zero attached hydrogens (tertiary/aromatic N) is 2. The van der Waals surface area contributed by atoms with Gasteiger partial charge in [0.05, 0.1) is 17.4 Å². The molecule has 0 spiro atoms. The summed E-state index contributed by atoms with van der Waals surface area (Å²) in [5, 5.41) is 1.27. The van der Waals surface area contributed by atoms with E-state index in [4.69, 9.17) is 16.6 Å². The molecule has 0 fully saturated rings. The molecule has 0 bridgehead atoms. The minimum absolute atomic E-state index is 0.0458. The van der Waals surface area contributed by atoms with E-state index in [1.54, 1.807) is 4.57 Å². The van der Waals surface area contributed by atoms with Crippen molar-refractivity contribution in [2.24, 2.45) is 0 Å². The Bertz CT molecular complexity index is 1210. The summed E-state index contributed by atoms with van der Waals surface area (Å²) in [6.45, 7) is 4.52. The molecule has 0 radical (unpaired) electrons. The first kappa shape index (κ1) is 17.5. The third-order valence-electron chi connectivity index (χ3n) is 4.71. The van der Waals surface area contributed by atoms with Crippen LogP contribution in [0, 0.1) is 13.8 Å². The van der Waals surface area contributed by atoms with Crippen LogP contribution < -0.4 is 5.56 Å². The molecule has 0 unspecified atom stereocenters. The van der Waals surface area contributed by atoms with Crippen molar-refractivity contribution in [3.8, 4) is 11.4 Å². The Hall–Kier alpha value is -2.91. The van der Waals surface area contributed by atoms with Gasteiger partial charge in [-0.15, -0.1) is 0 Å². The number of hydrogen-bond donors (Lipinski definition) is 0. The Labute approximate surface area is 162 Å². The summed E-state index contributed by atoms with van der Waals surface area (Å²) in [5.74, 6) is 0.677. The van der Waals surface area contributed by atoms with Crippen LogP contribution in [-0.4, -0.2) is 9.55 Å². The highest BCUT2D eigenvalue weighted by atomic mass is 35.5. The molecule has 0 aliphatic rings. The molecular formula is C23H19ClN2O. The molecular weight excluding hydrogens is 356 g/mol. The first-order valence-corrected chi connectivity index (χ1v) is 9.22. The number of aryl methyl sites for hydroxylation is 2. The van der Waals surface area contributed by atoms with Crippen molar-refractivity contribution >= 4 is 22.5 Å². The van der Waals surface area contributed by atoms with Gasteiger partial charge in [0.2, 0.25) is 0 Å². The number of benzene rings is 3. The molecule has 0 saturated carbocycles.